The van der Waals surface area contributed by atoms with Gasteiger partial charge in [0.05, 0.1) is 11.2 Å². The Labute approximate surface area is 212 Å². The molecule has 8 nitrogen and oxygen atoms in total. The Morgan fingerprint density at radius 2 is 1.92 bits per heavy atom. The Morgan fingerprint density at radius 3 is 2.64 bits per heavy atom. The molecule has 0 bridgehead atoms. The van der Waals surface area contributed by atoms with Crippen molar-refractivity contribution in [3.8, 4) is 22.5 Å². The van der Waals surface area contributed by atoms with Gasteiger partial charge in [0.25, 0.3) is 0 Å². The molecule has 0 unspecified atom stereocenters. The van der Waals surface area contributed by atoms with Crippen LogP contribution in [0.3, 0.4) is 0 Å². The lowest BCUT2D eigenvalue weighted by Crippen LogP contribution is -2.43. The molecule has 1 aliphatic rings. The Balaban J connectivity index is 1.52. The molecule has 0 aliphatic carbocycles. The van der Waals surface area contributed by atoms with Crippen LogP contribution in [0.15, 0.2) is 53.8 Å². The summed E-state index contributed by atoms with van der Waals surface area (Å²) in [5.41, 5.74) is 8.40. The molecule has 4 heterocycles. The van der Waals surface area contributed by atoms with Gasteiger partial charge in [-0.15, -0.1) is 0 Å². The zero-order chi connectivity index (χ0) is 25.2. The molecule has 4 aromatic rings. The number of rotatable bonds is 7. The highest BCUT2D eigenvalue weighted by Gasteiger charge is 2.22. The molecule has 2 N–H and O–H groups in total. The molecule has 0 radical (unpaired) electrons. The minimum absolute atomic E-state index is 0.768. The van der Waals surface area contributed by atoms with Gasteiger partial charge in [-0.1, -0.05) is 12.1 Å². The van der Waals surface area contributed by atoms with Gasteiger partial charge in [-0.05, 0) is 70.2 Å². The van der Waals surface area contributed by atoms with Crippen molar-refractivity contribution in [3.05, 3.63) is 59.9 Å². The molecule has 1 saturated heterocycles. The fourth-order valence-corrected chi connectivity index (χ4v) is 4.94. The fourth-order valence-electron chi connectivity index (χ4n) is 4.94. The van der Waals surface area contributed by atoms with Crippen molar-refractivity contribution in [1.82, 2.24) is 34.9 Å². The molecule has 1 fully saturated rings. The maximum absolute atomic E-state index is 4.67. The van der Waals surface area contributed by atoms with E-state index in [1.165, 1.54) is 11.3 Å². The second-order valence-electron chi connectivity index (χ2n) is 9.72. The van der Waals surface area contributed by atoms with Crippen LogP contribution in [0.1, 0.15) is 18.1 Å². The van der Waals surface area contributed by atoms with Gasteiger partial charge in [0, 0.05) is 67.3 Å². The van der Waals surface area contributed by atoms with Crippen LogP contribution in [0.4, 0.5) is 5.82 Å². The summed E-state index contributed by atoms with van der Waals surface area (Å²) in [4.78, 5) is 19.2. The first-order valence-electron chi connectivity index (χ1n) is 12.3. The van der Waals surface area contributed by atoms with Gasteiger partial charge in [0.2, 0.25) is 0 Å². The van der Waals surface area contributed by atoms with Gasteiger partial charge in [0.15, 0.2) is 0 Å². The summed E-state index contributed by atoms with van der Waals surface area (Å²) in [7, 11) is 6.30. The number of piperazine rings is 1. The number of aromatic nitrogens is 4. The number of likely N-dealkylation sites (N-methyl/N-ethyl adjacent to an activating group) is 1. The van der Waals surface area contributed by atoms with Crippen LogP contribution in [0, 0.1) is 0 Å². The van der Waals surface area contributed by atoms with Gasteiger partial charge in [-0.25, -0.2) is 4.99 Å². The van der Waals surface area contributed by atoms with E-state index in [1.807, 2.05) is 12.4 Å². The number of hydrogen-bond donors (Lipinski definition) is 2. The number of nitrogens with zero attached hydrogens (tertiary/aromatic N) is 6. The zero-order valence-electron chi connectivity index (χ0n) is 21.5. The van der Waals surface area contributed by atoms with E-state index < -0.39 is 0 Å². The number of hydrogen-bond acceptors (Lipinski definition) is 6. The van der Waals surface area contributed by atoms with E-state index >= 15 is 0 Å². The van der Waals surface area contributed by atoms with Crippen LogP contribution >= 0.6 is 0 Å². The molecular weight excluding hydrogens is 448 g/mol. The summed E-state index contributed by atoms with van der Waals surface area (Å²) in [6, 6.07) is 10.7. The summed E-state index contributed by atoms with van der Waals surface area (Å²) < 4.78 is 0. The lowest BCUT2D eigenvalue weighted by molar-refractivity contribution is 0.207. The molecular formula is C28H34N8. The second kappa shape index (κ2) is 10.1. The number of aliphatic imine (C=N–C) groups is 1. The highest BCUT2D eigenvalue weighted by molar-refractivity contribution is 5.96. The third-order valence-electron chi connectivity index (χ3n) is 6.79. The molecule has 36 heavy (non-hydrogen) atoms. The van der Waals surface area contributed by atoms with Crippen molar-refractivity contribution >= 4 is 29.1 Å². The van der Waals surface area contributed by atoms with Crippen LogP contribution < -0.4 is 0 Å². The fraction of sp³-hybridized carbons (Fsp3) is 0.321. The molecule has 5 rings (SSSR count). The first-order valence-corrected chi connectivity index (χ1v) is 12.3. The number of pyridine rings is 1. The second-order valence-corrected chi connectivity index (χ2v) is 9.72. The number of aromatic amines is 2. The first kappa shape index (κ1) is 24.0. The van der Waals surface area contributed by atoms with Crippen molar-refractivity contribution in [2.75, 3.05) is 47.3 Å². The van der Waals surface area contributed by atoms with Crippen LogP contribution in [0.25, 0.3) is 39.1 Å². The summed E-state index contributed by atoms with van der Waals surface area (Å²) in [6.45, 7) is 10.8. The lowest BCUT2D eigenvalue weighted by atomic mass is 10.0. The van der Waals surface area contributed by atoms with Crippen molar-refractivity contribution in [1.29, 1.82) is 0 Å². The molecule has 3 aromatic heterocycles. The van der Waals surface area contributed by atoms with Gasteiger partial charge < -0.3 is 19.7 Å². The third kappa shape index (κ3) is 4.69. The van der Waals surface area contributed by atoms with Crippen LogP contribution in [0.5, 0.6) is 0 Å². The number of allylic oxidation sites excluding steroid dienone is 1. The molecule has 8 heteroatoms. The van der Waals surface area contributed by atoms with Gasteiger partial charge in [0.1, 0.15) is 11.5 Å². The largest absolute Gasteiger partial charge is 0.369 e. The third-order valence-corrected chi connectivity index (χ3v) is 6.79. The number of fused-ring (bicyclic) bond motifs is 1. The average Bonchev–Trinajstić information content (AvgIpc) is 3.49. The average molecular weight is 483 g/mol. The standard InChI is InChI=1S/C28H34N8/c1-6-26(36-11-9-35(5)10-12-36)23-15-25(31-28(23)29-2)27-22-14-20(7-8-24(22)32-33-27)21-13-19(16-30-17-21)18-34(3)4/h6-8,13-17,31H,2,9-12,18H2,1,3-5H3,(H,32,33)/b26-6+. The molecule has 0 atom stereocenters. The van der Waals surface area contributed by atoms with E-state index in [9.17, 15) is 0 Å². The van der Waals surface area contributed by atoms with Gasteiger partial charge in [-0.3, -0.25) is 10.1 Å². The Bertz CT molecular complexity index is 1400. The van der Waals surface area contributed by atoms with E-state index in [0.29, 0.717) is 0 Å². The predicted octanol–water partition coefficient (Wildman–Crippen LogP) is 4.62. The quantitative estimate of drug-likeness (QED) is 0.376. The van der Waals surface area contributed by atoms with E-state index in [-0.39, 0.29) is 0 Å². The molecule has 0 spiro atoms. The Hall–Kier alpha value is -3.75. The predicted molar refractivity (Wildman–Crippen MR) is 148 cm³/mol. The first-order chi connectivity index (χ1) is 17.5. The van der Waals surface area contributed by atoms with Crippen LogP contribution in [0.2, 0.25) is 0 Å². The van der Waals surface area contributed by atoms with Gasteiger partial charge in [-0.2, -0.15) is 5.10 Å². The SMILES string of the molecule is C=Nc1[nH]c(-c2n[nH]c3ccc(-c4cncc(CN(C)C)c4)cc23)cc1/C(=C\C)N1CCN(C)CC1. The van der Waals surface area contributed by atoms with Crippen molar-refractivity contribution in [3.63, 3.8) is 0 Å². The molecule has 186 valence electrons. The monoisotopic (exact) mass is 482 g/mol. The summed E-state index contributed by atoms with van der Waals surface area (Å²) in [5.74, 6) is 0.768. The lowest BCUT2D eigenvalue weighted by Gasteiger charge is -2.35. The van der Waals surface area contributed by atoms with E-state index in [1.54, 1.807) is 0 Å². The highest BCUT2D eigenvalue weighted by atomic mass is 15.3. The molecule has 0 amide bonds. The highest BCUT2D eigenvalue weighted by Crippen LogP contribution is 2.36. The van der Waals surface area contributed by atoms with E-state index in [0.717, 1.165) is 77.5 Å². The topological polar surface area (TPSA) is 79.4 Å². The van der Waals surface area contributed by atoms with Crippen LogP contribution in [-0.2, 0) is 6.54 Å². The summed E-state index contributed by atoms with van der Waals surface area (Å²) >= 11 is 0. The molecule has 1 aliphatic heterocycles. The summed E-state index contributed by atoms with van der Waals surface area (Å²) in [5, 5.41) is 8.92. The minimum atomic E-state index is 0.768. The van der Waals surface area contributed by atoms with Crippen molar-refractivity contribution in [2.24, 2.45) is 4.99 Å². The normalized spacial score (nSPS) is 15.2. The van der Waals surface area contributed by atoms with Gasteiger partial charge >= 0.3 is 0 Å². The molecule has 1 aromatic carbocycles. The van der Waals surface area contributed by atoms with E-state index in [4.69, 9.17) is 0 Å². The minimum Gasteiger partial charge on any atom is -0.369 e. The maximum Gasteiger partial charge on any atom is 0.139 e. The smallest absolute Gasteiger partial charge is 0.139 e. The Kier molecular flexibility index (Phi) is 6.71. The maximum atomic E-state index is 4.67. The number of benzene rings is 1. The zero-order valence-corrected chi connectivity index (χ0v) is 21.5. The van der Waals surface area contributed by atoms with E-state index in [2.05, 4.69) is 111 Å². The van der Waals surface area contributed by atoms with Crippen molar-refractivity contribution < 1.29 is 0 Å². The summed E-state index contributed by atoms with van der Waals surface area (Å²) in [6.07, 6.45) is 6.01. The molecule has 0 saturated carbocycles. The Morgan fingerprint density at radius 1 is 1.11 bits per heavy atom. The number of nitrogens with one attached hydrogen (secondary N) is 2. The number of H-pyrrole nitrogens is 2. The van der Waals surface area contributed by atoms with Crippen molar-refractivity contribution in [2.45, 2.75) is 13.5 Å². The van der Waals surface area contributed by atoms with Crippen LogP contribution in [-0.4, -0.2) is 88.9 Å².